The molecule has 0 unspecified atom stereocenters. The van der Waals surface area contributed by atoms with Crippen molar-refractivity contribution in [3.05, 3.63) is 89.1 Å². The highest BCUT2D eigenvalue weighted by molar-refractivity contribution is 7.20. The van der Waals surface area contributed by atoms with Crippen LogP contribution in [0.5, 0.6) is 0 Å². The molecular weight excluding hydrogens is 422 g/mol. The van der Waals surface area contributed by atoms with Crippen LogP contribution >= 0.6 is 11.3 Å². The summed E-state index contributed by atoms with van der Waals surface area (Å²) in [6.45, 7) is 2.57. The largest absolute Gasteiger partial charge is 0.477 e. The summed E-state index contributed by atoms with van der Waals surface area (Å²) in [6.07, 6.45) is 7.10. The van der Waals surface area contributed by atoms with Crippen LogP contribution in [0.25, 0.3) is 27.2 Å². The molecule has 0 saturated heterocycles. The lowest BCUT2D eigenvalue weighted by atomic mass is 10.0. The van der Waals surface area contributed by atoms with Crippen LogP contribution in [0.2, 0.25) is 0 Å². The third-order valence-corrected chi connectivity index (χ3v) is 6.43. The molecule has 0 spiro atoms. The number of aryl methyl sites for hydroxylation is 1. The van der Waals surface area contributed by atoms with Gasteiger partial charge in [0.25, 0.3) is 0 Å². The number of aromatic nitrogens is 4. The highest BCUT2D eigenvalue weighted by atomic mass is 32.1. The van der Waals surface area contributed by atoms with Gasteiger partial charge in [-0.1, -0.05) is 12.1 Å². The first-order valence-corrected chi connectivity index (χ1v) is 10.7. The normalized spacial score (nSPS) is 11.0. The maximum atomic E-state index is 11.5. The maximum absolute atomic E-state index is 11.5. The Bertz CT molecular complexity index is 1490. The first kappa shape index (κ1) is 19.7. The number of pyridine rings is 1. The molecule has 32 heavy (non-hydrogen) atoms. The van der Waals surface area contributed by atoms with Gasteiger partial charge < -0.3 is 14.2 Å². The summed E-state index contributed by atoms with van der Waals surface area (Å²) in [5, 5.41) is 18.5. The average Bonchev–Trinajstić information content (AvgIpc) is 3.52. The Labute approximate surface area is 187 Å². The van der Waals surface area contributed by atoms with E-state index in [0.29, 0.717) is 17.1 Å². The van der Waals surface area contributed by atoms with E-state index in [4.69, 9.17) is 5.26 Å². The summed E-state index contributed by atoms with van der Waals surface area (Å²) < 4.78 is 4.98. The van der Waals surface area contributed by atoms with Crippen LogP contribution in [-0.2, 0) is 6.54 Å². The Hall–Kier alpha value is -4.22. The van der Waals surface area contributed by atoms with Crippen molar-refractivity contribution in [3.63, 3.8) is 0 Å². The number of carboxylic acids is 1. The minimum Gasteiger partial charge on any atom is -0.477 e. The number of hydrogen-bond donors (Lipinski definition) is 1. The van der Waals surface area contributed by atoms with Crippen molar-refractivity contribution in [1.82, 2.24) is 19.1 Å². The van der Waals surface area contributed by atoms with E-state index in [-0.39, 0.29) is 0 Å². The number of thiophene rings is 1. The van der Waals surface area contributed by atoms with Crippen molar-refractivity contribution in [2.24, 2.45) is 0 Å². The van der Waals surface area contributed by atoms with Crippen LogP contribution in [0, 0.1) is 18.3 Å². The standard InChI is InChI=1S/C24H17N5O2S/c1-15-8-18(28-7-6-26-14-28)4-5-19(15)20-9-22-21(10-23(32-22)24(30)31)29(20)13-16-2-3-17(11-25)27-12-16/h2-10,12,14H,13H2,1H3,(H,30,31). The Kier molecular flexibility index (Phi) is 4.81. The van der Waals surface area contributed by atoms with Gasteiger partial charge in [0.05, 0.1) is 22.2 Å². The van der Waals surface area contributed by atoms with Gasteiger partial charge in [0.15, 0.2) is 0 Å². The number of carbonyl (C=O) groups is 1. The maximum Gasteiger partial charge on any atom is 0.345 e. The minimum atomic E-state index is -0.930. The first-order valence-electron chi connectivity index (χ1n) is 9.84. The average molecular weight is 440 g/mol. The minimum absolute atomic E-state index is 0.306. The lowest BCUT2D eigenvalue weighted by Gasteiger charge is -2.14. The van der Waals surface area contributed by atoms with Crippen molar-refractivity contribution >= 4 is 27.5 Å². The van der Waals surface area contributed by atoms with Gasteiger partial charge >= 0.3 is 5.97 Å². The summed E-state index contributed by atoms with van der Waals surface area (Å²) in [5.41, 5.74) is 6.34. The van der Waals surface area contributed by atoms with Crippen molar-refractivity contribution in [3.8, 4) is 23.0 Å². The smallest absolute Gasteiger partial charge is 0.345 e. The van der Waals surface area contributed by atoms with Crippen LogP contribution in [0.15, 0.2) is 67.4 Å². The lowest BCUT2D eigenvalue weighted by molar-refractivity contribution is 0.0702. The fourth-order valence-electron chi connectivity index (χ4n) is 3.82. The summed E-state index contributed by atoms with van der Waals surface area (Å²) in [5.74, 6) is -0.930. The number of nitrogens with zero attached hydrogens (tertiary/aromatic N) is 5. The molecule has 0 saturated carbocycles. The quantitative estimate of drug-likeness (QED) is 0.421. The number of nitriles is 1. The first-order chi connectivity index (χ1) is 15.5. The van der Waals surface area contributed by atoms with E-state index in [0.717, 1.165) is 38.3 Å². The van der Waals surface area contributed by atoms with Crippen LogP contribution in [0.1, 0.15) is 26.5 Å². The molecule has 7 nitrogen and oxygen atoms in total. The Morgan fingerprint density at radius 1 is 1.22 bits per heavy atom. The predicted molar refractivity (Wildman–Crippen MR) is 122 cm³/mol. The van der Waals surface area contributed by atoms with Crippen molar-refractivity contribution in [2.75, 3.05) is 0 Å². The molecule has 5 rings (SSSR count). The van der Waals surface area contributed by atoms with Gasteiger partial charge in [0.1, 0.15) is 16.6 Å². The molecule has 0 aliphatic rings. The number of rotatable bonds is 5. The van der Waals surface area contributed by atoms with Gasteiger partial charge in [-0.25, -0.2) is 14.8 Å². The van der Waals surface area contributed by atoms with Crippen LogP contribution in [-0.4, -0.2) is 30.2 Å². The molecule has 1 N–H and O–H groups in total. The molecule has 0 fully saturated rings. The topological polar surface area (TPSA) is 96.7 Å². The molecule has 0 aliphatic heterocycles. The molecule has 0 atom stereocenters. The molecular formula is C24H17N5O2S. The number of fused-ring (bicyclic) bond motifs is 1. The second-order valence-electron chi connectivity index (χ2n) is 7.41. The fourth-order valence-corrected chi connectivity index (χ4v) is 4.75. The van der Waals surface area contributed by atoms with Gasteiger partial charge in [0.2, 0.25) is 0 Å². The van der Waals surface area contributed by atoms with Gasteiger partial charge in [0, 0.05) is 36.4 Å². The highest BCUT2D eigenvalue weighted by Crippen LogP contribution is 2.36. The van der Waals surface area contributed by atoms with E-state index in [1.54, 1.807) is 30.9 Å². The second kappa shape index (κ2) is 7.80. The zero-order chi connectivity index (χ0) is 22.2. The van der Waals surface area contributed by atoms with Crippen molar-refractivity contribution in [2.45, 2.75) is 13.5 Å². The van der Waals surface area contributed by atoms with Crippen molar-refractivity contribution < 1.29 is 9.90 Å². The summed E-state index contributed by atoms with van der Waals surface area (Å²) in [4.78, 5) is 20.1. The second-order valence-corrected chi connectivity index (χ2v) is 8.50. The van der Waals surface area contributed by atoms with E-state index >= 15 is 0 Å². The number of aromatic carboxylic acids is 1. The monoisotopic (exact) mass is 439 g/mol. The van der Waals surface area contributed by atoms with Gasteiger partial charge in [-0.2, -0.15) is 5.26 Å². The third kappa shape index (κ3) is 3.45. The Morgan fingerprint density at radius 3 is 2.75 bits per heavy atom. The molecule has 0 aliphatic carbocycles. The van der Waals surface area contributed by atoms with Gasteiger partial charge in [-0.15, -0.1) is 11.3 Å². The zero-order valence-electron chi connectivity index (χ0n) is 17.1. The van der Waals surface area contributed by atoms with E-state index in [1.165, 1.54) is 11.3 Å². The number of imidazole rings is 1. The van der Waals surface area contributed by atoms with E-state index in [2.05, 4.69) is 33.6 Å². The predicted octanol–water partition coefficient (Wildman–Crippen LogP) is 4.88. The third-order valence-electron chi connectivity index (χ3n) is 5.37. The van der Waals surface area contributed by atoms with Crippen LogP contribution in [0.4, 0.5) is 0 Å². The molecule has 0 amide bonds. The summed E-state index contributed by atoms with van der Waals surface area (Å²) >= 11 is 1.27. The molecule has 1 aromatic carbocycles. The van der Waals surface area contributed by atoms with E-state index in [9.17, 15) is 9.90 Å². The lowest BCUT2D eigenvalue weighted by Crippen LogP contribution is -2.03. The molecule has 8 heteroatoms. The van der Waals surface area contributed by atoms with Gasteiger partial charge in [-0.3, -0.25) is 0 Å². The van der Waals surface area contributed by atoms with Gasteiger partial charge in [-0.05, 0) is 48.4 Å². The Balaban J connectivity index is 1.63. The molecule has 4 aromatic heterocycles. The molecule has 0 bridgehead atoms. The van der Waals surface area contributed by atoms with Crippen molar-refractivity contribution in [1.29, 1.82) is 5.26 Å². The zero-order valence-corrected chi connectivity index (χ0v) is 17.9. The summed E-state index contributed by atoms with van der Waals surface area (Å²) in [6, 6.07) is 15.6. The number of benzene rings is 1. The number of carboxylic acid groups (broad SMARTS) is 1. The summed E-state index contributed by atoms with van der Waals surface area (Å²) in [7, 11) is 0. The molecule has 5 aromatic rings. The van der Waals surface area contributed by atoms with Crippen LogP contribution < -0.4 is 0 Å². The molecule has 4 heterocycles. The van der Waals surface area contributed by atoms with Crippen LogP contribution in [0.3, 0.4) is 0 Å². The van der Waals surface area contributed by atoms with E-state index < -0.39 is 5.97 Å². The number of hydrogen-bond acceptors (Lipinski definition) is 5. The highest BCUT2D eigenvalue weighted by Gasteiger charge is 2.18. The molecule has 0 radical (unpaired) electrons. The van der Waals surface area contributed by atoms with E-state index in [1.807, 2.05) is 35.0 Å². The molecule has 156 valence electrons. The Morgan fingerprint density at radius 2 is 2.09 bits per heavy atom. The SMILES string of the molecule is Cc1cc(-n2ccnc2)ccc1-c1cc2sc(C(=O)O)cc2n1Cc1ccc(C#N)nc1. The fraction of sp³-hybridized carbons (Fsp3) is 0.0833.